The fourth-order valence-corrected chi connectivity index (χ4v) is 3.08. The zero-order valence-corrected chi connectivity index (χ0v) is 14.3. The summed E-state index contributed by atoms with van der Waals surface area (Å²) >= 11 is 0. The lowest BCUT2D eigenvalue weighted by atomic mass is 10.0. The van der Waals surface area contributed by atoms with Gasteiger partial charge in [0.2, 0.25) is 6.10 Å². The zero-order valence-electron chi connectivity index (χ0n) is 14.3. The Morgan fingerprint density at radius 3 is 2.85 bits per heavy atom. The van der Waals surface area contributed by atoms with Crippen molar-refractivity contribution in [3.05, 3.63) is 66.5 Å². The van der Waals surface area contributed by atoms with Gasteiger partial charge in [-0.1, -0.05) is 47.6 Å². The number of imidazole rings is 1. The first-order valence-corrected chi connectivity index (χ1v) is 8.77. The molecule has 0 unspecified atom stereocenters. The largest absolute Gasteiger partial charge is 0.382 e. The fourth-order valence-electron chi connectivity index (χ4n) is 3.08. The average Bonchev–Trinajstić information content (AvgIpc) is 3.33. The third kappa shape index (κ3) is 3.44. The van der Waals surface area contributed by atoms with Gasteiger partial charge < -0.3 is 14.7 Å². The Labute approximate surface area is 151 Å². The van der Waals surface area contributed by atoms with Crippen LogP contribution in [-0.2, 0) is 16.2 Å². The van der Waals surface area contributed by atoms with Gasteiger partial charge in [0.15, 0.2) is 0 Å². The van der Waals surface area contributed by atoms with Crippen molar-refractivity contribution < 1.29 is 9.63 Å². The average molecular weight is 348 g/mol. The van der Waals surface area contributed by atoms with Gasteiger partial charge in [-0.15, -0.1) is 0 Å². The van der Waals surface area contributed by atoms with Gasteiger partial charge >= 0.3 is 0 Å². The monoisotopic (exact) mass is 348 g/mol. The van der Waals surface area contributed by atoms with E-state index in [2.05, 4.69) is 26.1 Å². The lowest BCUT2D eigenvalue weighted by molar-refractivity contribution is -0.131. The predicted molar refractivity (Wildman–Crippen MR) is 99.8 cm³/mol. The summed E-state index contributed by atoms with van der Waals surface area (Å²) in [4.78, 5) is 21.9. The summed E-state index contributed by atoms with van der Waals surface area (Å²) in [6.45, 7) is 1.39. The predicted octanol–water partition coefficient (Wildman–Crippen LogP) is 2.74. The number of benzene rings is 2. The minimum Gasteiger partial charge on any atom is -0.382 e. The maximum absolute atomic E-state index is 12.3. The van der Waals surface area contributed by atoms with Crippen molar-refractivity contribution in [3.8, 4) is 0 Å². The molecular formula is C20H20N4O2. The highest BCUT2D eigenvalue weighted by molar-refractivity contribution is 6.04. The van der Waals surface area contributed by atoms with Crippen LogP contribution in [0.25, 0.3) is 11.0 Å². The molecule has 6 nitrogen and oxygen atoms in total. The molecule has 2 heterocycles. The number of hydrogen-bond donors (Lipinski definition) is 1. The Hall–Kier alpha value is -3.15. The third-order valence-electron chi connectivity index (χ3n) is 4.47. The lowest BCUT2D eigenvalue weighted by Gasteiger charge is -2.10. The second-order valence-corrected chi connectivity index (χ2v) is 6.27. The molecular weight excluding hydrogens is 328 g/mol. The number of para-hydroxylation sites is 2. The summed E-state index contributed by atoms with van der Waals surface area (Å²) < 4.78 is 2.10. The highest BCUT2D eigenvalue weighted by Crippen LogP contribution is 2.16. The number of aromatic nitrogens is 2. The second kappa shape index (κ2) is 7.39. The fraction of sp³-hybridized carbons (Fsp3) is 0.250. The van der Waals surface area contributed by atoms with Crippen LogP contribution in [0.1, 0.15) is 18.4 Å². The topological polar surface area (TPSA) is 68.5 Å². The van der Waals surface area contributed by atoms with Crippen LogP contribution >= 0.6 is 0 Å². The van der Waals surface area contributed by atoms with Gasteiger partial charge in [-0.25, -0.2) is 4.98 Å². The van der Waals surface area contributed by atoms with E-state index < -0.39 is 6.10 Å². The summed E-state index contributed by atoms with van der Waals surface area (Å²) in [6, 6.07) is 17.8. The molecule has 1 aliphatic rings. The summed E-state index contributed by atoms with van der Waals surface area (Å²) in [5, 5.41) is 6.99. The van der Waals surface area contributed by atoms with Crippen molar-refractivity contribution >= 4 is 22.7 Å². The van der Waals surface area contributed by atoms with Crippen LogP contribution in [0.5, 0.6) is 0 Å². The van der Waals surface area contributed by atoms with E-state index in [9.17, 15) is 4.79 Å². The Morgan fingerprint density at radius 1 is 1.15 bits per heavy atom. The van der Waals surface area contributed by atoms with Crippen molar-refractivity contribution in [2.45, 2.75) is 25.5 Å². The van der Waals surface area contributed by atoms with Gasteiger partial charge in [0.1, 0.15) is 0 Å². The van der Waals surface area contributed by atoms with Crippen LogP contribution in [0.4, 0.5) is 0 Å². The van der Waals surface area contributed by atoms with Crippen LogP contribution < -0.4 is 5.32 Å². The van der Waals surface area contributed by atoms with E-state index in [4.69, 9.17) is 4.84 Å². The number of carbonyl (C=O) groups excluding carboxylic acids is 1. The molecule has 1 N–H and O–H groups in total. The van der Waals surface area contributed by atoms with Crippen molar-refractivity contribution in [1.29, 1.82) is 0 Å². The van der Waals surface area contributed by atoms with E-state index >= 15 is 0 Å². The minimum absolute atomic E-state index is 0.116. The number of aryl methyl sites for hydroxylation is 1. The SMILES string of the molecule is O=C(NCCCn1cnc2ccccc21)[C@H]1CC(c2ccccc2)=NO1. The van der Waals surface area contributed by atoms with Gasteiger partial charge in [-0.2, -0.15) is 0 Å². The van der Waals surface area contributed by atoms with Gasteiger partial charge in [0.25, 0.3) is 5.91 Å². The number of hydrogen-bond acceptors (Lipinski definition) is 4. The number of oxime groups is 1. The van der Waals surface area contributed by atoms with Gasteiger partial charge in [-0.05, 0) is 24.1 Å². The van der Waals surface area contributed by atoms with Crippen molar-refractivity contribution in [2.24, 2.45) is 5.16 Å². The number of fused-ring (bicyclic) bond motifs is 1. The number of nitrogens with zero attached hydrogens (tertiary/aromatic N) is 3. The standard InChI is InChI=1S/C20H20N4O2/c25-20(19-13-17(23-26-19)15-7-2-1-3-8-15)21-11-6-12-24-14-22-16-9-4-5-10-18(16)24/h1-5,7-10,14,19H,6,11-13H2,(H,21,25)/t19-/m1/s1. The van der Waals surface area contributed by atoms with E-state index in [1.54, 1.807) is 0 Å². The van der Waals surface area contributed by atoms with Crippen LogP contribution in [-0.4, -0.2) is 33.8 Å². The molecule has 2 aromatic carbocycles. The second-order valence-electron chi connectivity index (χ2n) is 6.27. The van der Waals surface area contributed by atoms with E-state index in [1.165, 1.54) is 0 Å². The Kier molecular flexibility index (Phi) is 4.64. The van der Waals surface area contributed by atoms with Crippen LogP contribution in [0.2, 0.25) is 0 Å². The minimum atomic E-state index is -0.542. The normalized spacial score (nSPS) is 16.3. The molecule has 0 fully saturated rings. The van der Waals surface area contributed by atoms with E-state index in [0.717, 1.165) is 35.3 Å². The number of amides is 1. The highest BCUT2D eigenvalue weighted by atomic mass is 16.6. The molecule has 0 radical (unpaired) electrons. The molecule has 1 atom stereocenters. The molecule has 26 heavy (non-hydrogen) atoms. The van der Waals surface area contributed by atoms with E-state index in [1.807, 2.05) is 54.9 Å². The molecule has 3 aromatic rings. The van der Waals surface area contributed by atoms with Crippen LogP contribution in [0.3, 0.4) is 0 Å². The molecule has 132 valence electrons. The summed E-state index contributed by atoms with van der Waals surface area (Å²) in [7, 11) is 0. The molecule has 6 heteroatoms. The molecule has 1 aromatic heterocycles. The lowest BCUT2D eigenvalue weighted by Crippen LogP contribution is -2.35. The molecule has 1 aliphatic heterocycles. The zero-order chi connectivity index (χ0) is 17.8. The molecule has 0 spiro atoms. The molecule has 0 saturated carbocycles. The third-order valence-corrected chi connectivity index (χ3v) is 4.47. The number of rotatable bonds is 6. The summed E-state index contributed by atoms with van der Waals surface area (Å²) in [6.07, 6.45) is 2.62. The smallest absolute Gasteiger partial charge is 0.264 e. The molecule has 4 rings (SSSR count). The number of carbonyl (C=O) groups is 1. The Balaban J connectivity index is 1.24. The van der Waals surface area contributed by atoms with Crippen molar-refractivity contribution in [2.75, 3.05) is 6.54 Å². The van der Waals surface area contributed by atoms with Gasteiger partial charge in [0, 0.05) is 19.5 Å². The maximum atomic E-state index is 12.3. The molecule has 0 aliphatic carbocycles. The first-order chi connectivity index (χ1) is 12.8. The number of nitrogens with one attached hydrogen (secondary N) is 1. The van der Waals surface area contributed by atoms with E-state index in [-0.39, 0.29) is 5.91 Å². The first-order valence-electron chi connectivity index (χ1n) is 8.77. The summed E-state index contributed by atoms with van der Waals surface area (Å²) in [5.41, 5.74) is 3.91. The quantitative estimate of drug-likeness (QED) is 0.697. The molecule has 0 saturated heterocycles. The highest BCUT2D eigenvalue weighted by Gasteiger charge is 2.28. The summed E-state index contributed by atoms with van der Waals surface area (Å²) in [5.74, 6) is -0.116. The van der Waals surface area contributed by atoms with Crippen molar-refractivity contribution in [3.63, 3.8) is 0 Å². The van der Waals surface area contributed by atoms with E-state index in [0.29, 0.717) is 13.0 Å². The Bertz CT molecular complexity index is 933. The molecule has 0 bridgehead atoms. The van der Waals surface area contributed by atoms with Crippen LogP contribution in [0.15, 0.2) is 66.1 Å². The van der Waals surface area contributed by atoms with Gasteiger partial charge in [-0.3, -0.25) is 4.79 Å². The van der Waals surface area contributed by atoms with Crippen LogP contribution in [0, 0.1) is 0 Å². The van der Waals surface area contributed by atoms with Crippen molar-refractivity contribution in [1.82, 2.24) is 14.9 Å². The first kappa shape index (κ1) is 16.3. The maximum Gasteiger partial charge on any atom is 0.264 e. The van der Waals surface area contributed by atoms with Gasteiger partial charge in [0.05, 0.1) is 23.1 Å². The molecule has 1 amide bonds. The Morgan fingerprint density at radius 2 is 1.96 bits per heavy atom.